The van der Waals surface area contributed by atoms with Crippen LogP contribution < -0.4 is 4.74 Å². The number of likely N-dealkylation sites (N-methyl/N-ethyl adjacent to an activating group) is 1. The Morgan fingerprint density at radius 2 is 1.97 bits per heavy atom. The molecule has 1 N–H and O–H groups in total. The Labute approximate surface area is 211 Å². The Kier molecular flexibility index (Phi) is 7.95. The number of aliphatic hydroxyl groups excluding tert-OH is 1. The molecule has 8 heteroatoms. The van der Waals surface area contributed by atoms with E-state index < -0.39 is 6.10 Å². The van der Waals surface area contributed by atoms with Crippen molar-refractivity contribution in [2.45, 2.75) is 32.4 Å². The van der Waals surface area contributed by atoms with Crippen molar-refractivity contribution in [3.63, 3.8) is 0 Å². The maximum Gasteiger partial charge on any atom is 0.259 e. The molecule has 0 fully saturated rings. The van der Waals surface area contributed by atoms with E-state index in [1.165, 1.54) is 0 Å². The van der Waals surface area contributed by atoms with Crippen LogP contribution in [-0.2, 0) is 11.2 Å². The van der Waals surface area contributed by atoms with Crippen LogP contribution in [0.25, 0.3) is 11.1 Å². The van der Waals surface area contributed by atoms with Crippen LogP contribution in [0.2, 0.25) is 0 Å². The zero-order valence-electron chi connectivity index (χ0n) is 20.9. The number of aliphatic hydroxyl groups is 1. The van der Waals surface area contributed by atoms with Crippen molar-refractivity contribution in [3.05, 3.63) is 78.2 Å². The first-order chi connectivity index (χ1) is 17.4. The van der Waals surface area contributed by atoms with Gasteiger partial charge in [-0.3, -0.25) is 14.6 Å². The molecular weight excluding hydrogens is 456 g/mol. The smallest absolute Gasteiger partial charge is 0.259 e. The molecule has 1 aliphatic heterocycles. The van der Waals surface area contributed by atoms with Crippen LogP contribution >= 0.6 is 0 Å². The molecule has 0 saturated heterocycles. The van der Waals surface area contributed by atoms with Crippen molar-refractivity contribution in [3.8, 4) is 17.0 Å². The lowest BCUT2D eigenvalue weighted by Gasteiger charge is -2.37. The lowest BCUT2D eigenvalue weighted by Crippen LogP contribution is -2.50. The first-order valence-electron chi connectivity index (χ1n) is 12.1. The third kappa shape index (κ3) is 5.71. The van der Waals surface area contributed by atoms with E-state index in [2.05, 4.69) is 9.97 Å². The summed E-state index contributed by atoms with van der Waals surface area (Å²) in [5, 5.41) is 9.86. The zero-order chi connectivity index (χ0) is 25.7. The molecule has 0 radical (unpaired) electrons. The van der Waals surface area contributed by atoms with Crippen LogP contribution in [0.3, 0.4) is 0 Å². The number of fused-ring (bicyclic) bond motifs is 1. The molecule has 0 spiro atoms. The van der Waals surface area contributed by atoms with Gasteiger partial charge in [-0.2, -0.15) is 0 Å². The van der Waals surface area contributed by atoms with Gasteiger partial charge in [-0.1, -0.05) is 43.3 Å². The quantitative estimate of drug-likeness (QED) is 0.549. The van der Waals surface area contributed by atoms with Gasteiger partial charge in [-0.05, 0) is 30.2 Å². The largest absolute Gasteiger partial charge is 0.472 e. The minimum absolute atomic E-state index is 0.0508. The highest BCUT2D eigenvalue weighted by Gasteiger charge is 2.34. The maximum absolute atomic E-state index is 13.6. The van der Waals surface area contributed by atoms with E-state index >= 15 is 0 Å². The number of aromatic nitrogens is 2. The number of carbonyl (C=O) groups excluding carboxylic acids is 2. The standard InChI is InChI=1S/C28H32N4O4/c1-19-16-32(20(2)18-33)28(35)24-13-23(22-9-5-4-6-10-22)15-30-27(24)36-25(19)17-31(3)26(34)12-21-8-7-11-29-14-21/h4-11,13-15,19-20,25,33H,12,16-18H2,1-3H3/t19-,20+,25-/m0/s1. The van der Waals surface area contributed by atoms with E-state index in [4.69, 9.17) is 4.74 Å². The Balaban J connectivity index is 1.62. The van der Waals surface area contributed by atoms with E-state index in [1.807, 2.05) is 56.3 Å². The average molecular weight is 489 g/mol. The van der Waals surface area contributed by atoms with E-state index in [0.29, 0.717) is 18.7 Å². The van der Waals surface area contributed by atoms with E-state index in [1.54, 1.807) is 41.5 Å². The normalized spacial score (nSPS) is 18.4. The third-order valence-corrected chi connectivity index (χ3v) is 6.59. The monoisotopic (exact) mass is 488 g/mol. The summed E-state index contributed by atoms with van der Waals surface area (Å²) in [4.78, 5) is 38.4. The maximum atomic E-state index is 13.6. The summed E-state index contributed by atoms with van der Waals surface area (Å²) < 4.78 is 6.32. The van der Waals surface area contributed by atoms with Crippen molar-refractivity contribution in [1.82, 2.24) is 19.8 Å². The molecule has 36 heavy (non-hydrogen) atoms. The lowest BCUT2D eigenvalue weighted by molar-refractivity contribution is -0.130. The second-order valence-corrected chi connectivity index (χ2v) is 9.38. The highest BCUT2D eigenvalue weighted by molar-refractivity contribution is 5.98. The van der Waals surface area contributed by atoms with Crippen molar-refractivity contribution < 1.29 is 19.4 Å². The molecule has 0 saturated carbocycles. The van der Waals surface area contributed by atoms with Crippen molar-refractivity contribution in [2.24, 2.45) is 5.92 Å². The second-order valence-electron chi connectivity index (χ2n) is 9.38. The number of hydrogen-bond donors (Lipinski definition) is 1. The molecule has 1 aromatic carbocycles. The van der Waals surface area contributed by atoms with Gasteiger partial charge >= 0.3 is 0 Å². The first-order valence-corrected chi connectivity index (χ1v) is 12.1. The molecule has 1 aliphatic rings. The number of nitrogens with zero attached hydrogens (tertiary/aromatic N) is 4. The summed E-state index contributed by atoms with van der Waals surface area (Å²) >= 11 is 0. The summed E-state index contributed by atoms with van der Waals surface area (Å²) in [7, 11) is 1.75. The van der Waals surface area contributed by atoms with Gasteiger partial charge in [0.25, 0.3) is 5.91 Å². The number of hydrogen-bond acceptors (Lipinski definition) is 6. The van der Waals surface area contributed by atoms with E-state index in [-0.39, 0.29) is 42.7 Å². The Morgan fingerprint density at radius 3 is 2.67 bits per heavy atom. The molecule has 188 valence electrons. The van der Waals surface area contributed by atoms with Crippen molar-refractivity contribution >= 4 is 11.8 Å². The molecule has 8 nitrogen and oxygen atoms in total. The third-order valence-electron chi connectivity index (χ3n) is 6.59. The molecule has 4 rings (SSSR count). The van der Waals surface area contributed by atoms with Crippen LogP contribution in [0.5, 0.6) is 5.88 Å². The van der Waals surface area contributed by atoms with Crippen LogP contribution in [0.1, 0.15) is 29.8 Å². The van der Waals surface area contributed by atoms with Crippen LogP contribution in [0, 0.1) is 5.92 Å². The zero-order valence-corrected chi connectivity index (χ0v) is 20.9. The predicted molar refractivity (Wildman–Crippen MR) is 136 cm³/mol. The lowest BCUT2D eigenvalue weighted by atomic mass is 9.99. The fourth-order valence-electron chi connectivity index (χ4n) is 4.29. The van der Waals surface area contributed by atoms with Gasteiger partial charge in [0.2, 0.25) is 11.8 Å². The molecule has 2 amide bonds. The topological polar surface area (TPSA) is 95.9 Å². The van der Waals surface area contributed by atoms with Gasteiger partial charge in [0.1, 0.15) is 11.7 Å². The summed E-state index contributed by atoms with van der Waals surface area (Å²) in [5.74, 6) is -0.159. The summed E-state index contributed by atoms with van der Waals surface area (Å²) in [6.45, 7) is 4.36. The predicted octanol–water partition coefficient (Wildman–Crippen LogP) is 3.06. The SMILES string of the molecule is C[C@H](CO)N1C[C@H](C)[C@H](CN(C)C(=O)Cc2cccnc2)Oc2ncc(-c3ccccc3)cc2C1=O. The minimum Gasteiger partial charge on any atom is -0.472 e. The Hall–Kier alpha value is -3.78. The molecule has 3 heterocycles. The van der Waals surface area contributed by atoms with Gasteiger partial charge in [0.15, 0.2) is 0 Å². The summed E-state index contributed by atoms with van der Waals surface area (Å²) in [6.07, 6.45) is 4.90. The number of benzene rings is 1. The summed E-state index contributed by atoms with van der Waals surface area (Å²) in [5.41, 5.74) is 2.93. The molecular formula is C28H32N4O4. The Morgan fingerprint density at radius 1 is 1.19 bits per heavy atom. The summed E-state index contributed by atoms with van der Waals surface area (Å²) in [6, 6.07) is 14.8. The first kappa shape index (κ1) is 25.3. The molecule has 3 aromatic rings. The highest BCUT2D eigenvalue weighted by atomic mass is 16.5. The highest BCUT2D eigenvalue weighted by Crippen LogP contribution is 2.30. The molecule has 0 aliphatic carbocycles. The van der Waals surface area contributed by atoms with Crippen LogP contribution in [0.15, 0.2) is 67.1 Å². The molecule has 0 bridgehead atoms. The van der Waals surface area contributed by atoms with Crippen LogP contribution in [-0.4, -0.2) is 75.6 Å². The molecule has 3 atom stereocenters. The van der Waals surface area contributed by atoms with E-state index in [0.717, 1.165) is 16.7 Å². The number of rotatable bonds is 7. The fourth-order valence-corrected chi connectivity index (χ4v) is 4.29. The van der Waals surface area contributed by atoms with Gasteiger partial charge in [0.05, 0.1) is 25.6 Å². The molecule has 0 unspecified atom stereocenters. The van der Waals surface area contributed by atoms with Gasteiger partial charge < -0.3 is 19.6 Å². The van der Waals surface area contributed by atoms with Crippen molar-refractivity contribution in [2.75, 3.05) is 26.7 Å². The number of pyridine rings is 2. The van der Waals surface area contributed by atoms with Gasteiger partial charge in [-0.15, -0.1) is 0 Å². The second kappa shape index (κ2) is 11.3. The molecule has 2 aromatic heterocycles. The number of carbonyl (C=O) groups is 2. The van der Waals surface area contributed by atoms with Crippen molar-refractivity contribution in [1.29, 1.82) is 0 Å². The number of amides is 2. The Bertz CT molecular complexity index is 1190. The van der Waals surface area contributed by atoms with Gasteiger partial charge in [0, 0.05) is 43.7 Å². The fraction of sp³-hybridized carbons (Fsp3) is 0.357. The van der Waals surface area contributed by atoms with Crippen LogP contribution in [0.4, 0.5) is 0 Å². The average Bonchev–Trinajstić information content (AvgIpc) is 2.91. The van der Waals surface area contributed by atoms with Gasteiger partial charge in [-0.25, -0.2) is 4.98 Å². The van der Waals surface area contributed by atoms with E-state index in [9.17, 15) is 14.7 Å². The number of ether oxygens (including phenoxy) is 1. The minimum atomic E-state index is -0.400.